The standard InChI is InChI=1S/C20H18N2O3S2/c1-13-3-9-16(10-4-13)26-12-18(23)22-20-21-17(11-27-20)14-5-7-15(8-6-14)19(24)25-2/h3-11H,12H2,1-2H3,(H,21,22,23). The van der Waals surface area contributed by atoms with Crippen LogP contribution in [0.15, 0.2) is 58.8 Å². The Balaban J connectivity index is 1.57. The Hall–Kier alpha value is -2.64. The minimum absolute atomic E-state index is 0.0949. The molecule has 2 aromatic carbocycles. The number of nitrogens with one attached hydrogen (secondary N) is 1. The number of nitrogens with zero attached hydrogens (tertiary/aromatic N) is 1. The van der Waals surface area contributed by atoms with Gasteiger partial charge in [0.1, 0.15) is 0 Å². The van der Waals surface area contributed by atoms with Crippen LogP contribution in [-0.4, -0.2) is 29.7 Å². The van der Waals surface area contributed by atoms with Crippen molar-refractivity contribution in [1.29, 1.82) is 0 Å². The summed E-state index contributed by atoms with van der Waals surface area (Å²) < 4.78 is 4.69. The van der Waals surface area contributed by atoms with Crippen molar-refractivity contribution in [2.24, 2.45) is 0 Å². The molecule has 1 aromatic heterocycles. The van der Waals surface area contributed by atoms with E-state index in [-0.39, 0.29) is 11.9 Å². The Kier molecular flexibility index (Phi) is 6.26. The quantitative estimate of drug-likeness (QED) is 0.484. The van der Waals surface area contributed by atoms with Gasteiger partial charge in [-0.3, -0.25) is 4.79 Å². The lowest BCUT2D eigenvalue weighted by atomic mass is 10.1. The second-order valence-electron chi connectivity index (χ2n) is 5.76. The third kappa shape index (κ3) is 5.18. The Morgan fingerprint density at radius 1 is 1.11 bits per heavy atom. The van der Waals surface area contributed by atoms with Gasteiger partial charge in [-0.15, -0.1) is 23.1 Å². The molecule has 0 bridgehead atoms. The van der Waals surface area contributed by atoms with E-state index in [2.05, 4.69) is 15.0 Å². The van der Waals surface area contributed by atoms with Crippen LogP contribution in [0.1, 0.15) is 15.9 Å². The third-order valence-electron chi connectivity index (χ3n) is 3.74. The number of hydrogen-bond acceptors (Lipinski definition) is 6. The monoisotopic (exact) mass is 398 g/mol. The first-order valence-electron chi connectivity index (χ1n) is 8.19. The number of carbonyl (C=O) groups excluding carboxylic acids is 2. The Labute approximate surface area is 165 Å². The maximum Gasteiger partial charge on any atom is 0.337 e. The number of anilines is 1. The molecular weight excluding hydrogens is 380 g/mol. The number of thioether (sulfide) groups is 1. The van der Waals surface area contributed by atoms with E-state index in [1.807, 2.05) is 36.6 Å². The smallest absolute Gasteiger partial charge is 0.337 e. The van der Waals surface area contributed by atoms with Crippen LogP contribution in [-0.2, 0) is 9.53 Å². The van der Waals surface area contributed by atoms with Crippen molar-refractivity contribution in [3.05, 3.63) is 65.0 Å². The number of thiazole rings is 1. The molecule has 1 N–H and O–H groups in total. The van der Waals surface area contributed by atoms with Gasteiger partial charge in [0.2, 0.25) is 5.91 Å². The zero-order chi connectivity index (χ0) is 19.2. The number of benzene rings is 2. The molecule has 1 amide bonds. The normalized spacial score (nSPS) is 10.4. The van der Waals surface area contributed by atoms with Crippen LogP contribution in [0.2, 0.25) is 0 Å². The number of ether oxygens (including phenoxy) is 1. The van der Waals surface area contributed by atoms with Gasteiger partial charge in [-0.2, -0.15) is 0 Å². The fourth-order valence-corrected chi connectivity index (χ4v) is 3.73. The third-order valence-corrected chi connectivity index (χ3v) is 5.51. The predicted octanol–water partition coefficient (Wildman–Crippen LogP) is 4.64. The molecule has 0 aliphatic carbocycles. The Morgan fingerprint density at radius 2 is 1.81 bits per heavy atom. The van der Waals surface area contributed by atoms with Crippen molar-refractivity contribution in [1.82, 2.24) is 4.98 Å². The molecule has 7 heteroatoms. The summed E-state index contributed by atoms with van der Waals surface area (Å²) in [4.78, 5) is 29.1. The highest BCUT2D eigenvalue weighted by atomic mass is 32.2. The maximum atomic E-state index is 12.1. The largest absolute Gasteiger partial charge is 0.465 e. The number of aromatic nitrogens is 1. The van der Waals surface area contributed by atoms with E-state index in [0.29, 0.717) is 16.4 Å². The van der Waals surface area contributed by atoms with Crippen molar-refractivity contribution >= 4 is 40.1 Å². The molecule has 0 atom stereocenters. The van der Waals surface area contributed by atoms with Crippen LogP contribution in [0.25, 0.3) is 11.3 Å². The highest BCUT2D eigenvalue weighted by molar-refractivity contribution is 8.00. The molecule has 138 valence electrons. The molecule has 0 spiro atoms. The summed E-state index contributed by atoms with van der Waals surface area (Å²) in [5, 5.41) is 5.25. The van der Waals surface area contributed by atoms with Crippen molar-refractivity contribution in [3.63, 3.8) is 0 Å². The highest BCUT2D eigenvalue weighted by Crippen LogP contribution is 2.26. The van der Waals surface area contributed by atoms with Crippen LogP contribution in [0.5, 0.6) is 0 Å². The van der Waals surface area contributed by atoms with Crippen molar-refractivity contribution in [2.45, 2.75) is 11.8 Å². The minimum Gasteiger partial charge on any atom is -0.465 e. The fraction of sp³-hybridized carbons (Fsp3) is 0.150. The number of carbonyl (C=O) groups is 2. The molecule has 0 aliphatic rings. The van der Waals surface area contributed by atoms with Crippen molar-refractivity contribution in [3.8, 4) is 11.3 Å². The average Bonchev–Trinajstić information content (AvgIpc) is 3.15. The van der Waals surface area contributed by atoms with Gasteiger partial charge in [0.15, 0.2) is 5.13 Å². The van der Waals surface area contributed by atoms with E-state index < -0.39 is 0 Å². The van der Waals surface area contributed by atoms with E-state index in [0.717, 1.165) is 16.2 Å². The maximum absolute atomic E-state index is 12.1. The van der Waals surface area contributed by atoms with Crippen LogP contribution in [0.3, 0.4) is 0 Å². The number of amides is 1. The number of esters is 1. The lowest BCUT2D eigenvalue weighted by molar-refractivity contribution is -0.113. The molecule has 0 saturated heterocycles. The summed E-state index contributed by atoms with van der Waals surface area (Å²) in [6, 6.07) is 15.1. The first-order valence-corrected chi connectivity index (χ1v) is 10.1. The molecule has 1 heterocycles. The molecule has 0 radical (unpaired) electrons. The summed E-state index contributed by atoms with van der Waals surface area (Å²) in [5.74, 6) is -0.146. The molecule has 3 aromatic rings. The highest BCUT2D eigenvalue weighted by Gasteiger charge is 2.10. The van der Waals surface area contributed by atoms with Crippen LogP contribution in [0.4, 0.5) is 5.13 Å². The Bertz CT molecular complexity index is 935. The topological polar surface area (TPSA) is 68.3 Å². The summed E-state index contributed by atoms with van der Waals surface area (Å²) >= 11 is 2.85. The summed E-state index contributed by atoms with van der Waals surface area (Å²) in [7, 11) is 1.35. The lowest BCUT2D eigenvalue weighted by Gasteiger charge is -2.03. The summed E-state index contributed by atoms with van der Waals surface area (Å²) in [5.41, 5.74) is 3.29. The van der Waals surface area contributed by atoms with Crippen LogP contribution < -0.4 is 5.32 Å². The zero-order valence-electron chi connectivity index (χ0n) is 14.9. The molecular formula is C20H18N2O3S2. The molecule has 0 fully saturated rings. The van der Waals surface area contributed by atoms with Crippen molar-refractivity contribution in [2.75, 3.05) is 18.2 Å². The van der Waals surface area contributed by atoms with Crippen LogP contribution >= 0.6 is 23.1 Å². The van der Waals surface area contributed by atoms with Gasteiger partial charge in [-0.05, 0) is 31.2 Å². The molecule has 0 aliphatic heterocycles. The summed E-state index contributed by atoms with van der Waals surface area (Å²) in [6.07, 6.45) is 0. The first-order chi connectivity index (χ1) is 13.0. The fourth-order valence-electron chi connectivity index (χ4n) is 2.30. The Morgan fingerprint density at radius 3 is 2.48 bits per heavy atom. The van der Waals surface area contributed by atoms with Gasteiger partial charge >= 0.3 is 5.97 Å². The van der Waals surface area contributed by atoms with Gasteiger partial charge in [-0.1, -0.05) is 29.8 Å². The van der Waals surface area contributed by atoms with Gasteiger partial charge in [0.25, 0.3) is 0 Å². The number of rotatable bonds is 6. The molecule has 0 saturated carbocycles. The first kappa shape index (κ1) is 19.1. The van der Waals surface area contributed by atoms with E-state index in [1.165, 1.54) is 35.8 Å². The minimum atomic E-state index is -0.376. The van der Waals surface area contributed by atoms with Gasteiger partial charge in [0.05, 0.1) is 24.1 Å². The zero-order valence-corrected chi connectivity index (χ0v) is 16.5. The number of hydrogen-bond donors (Lipinski definition) is 1. The SMILES string of the molecule is COC(=O)c1ccc(-c2csc(NC(=O)CSc3ccc(C)cc3)n2)cc1. The average molecular weight is 399 g/mol. The summed E-state index contributed by atoms with van der Waals surface area (Å²) in [6.45, 7) is 2.03. The van der Waals surface area contributed by atoms with Gasteiger partial charge in [-0.25, -0.2) is 9.78 Å². The van der Waals surface area contributed by atoms with Crippen molar-refractivity contribution < 1.29 is 14.3 Å². The lowest BCUT2D eigenvalue weighted by Crippen LogP contribution is -2.13. The van der Waals surface area contributed by atoms with Gasteiger partial charge in [0, 0.05) is 15.8 Å². The predicted molar refractivity (Wildman–Crippen MR) is 109 cm³/mol. The van der Waals surface area contributed by atoms with Gasteiger partial charge < -0.3 is 10.1 Å². The molecule has 0 unspecified atom stereocenters. The number of aryl methyl sites for hydroxylation is 1. The van der Waals surface area contributed by atoms with E-state index in [9.17, 15) is 9.59 Å². The van der Waals surface area contributed by atoms with E-state index in [4.69, 9.17) is 0 Å². The van der Waals surface area contributed by atoms with E-state index >= 15 is 0 Å². The second-order valence-corrected chi connectivity index (χ2v) is 7.66. The van der Waals surface area contributed by atoms with E-state index in [1.54, 1.807) is 24.3 Å². The number of methoxy groups -OCH3 is 1. The van der Waals surface area contributed by atoms with Crippen LogP contribution in [0, 0.1) is 6.92 Å². The second kappa shape index (κ2) is 8.83. The molecule has 3 rings (SSSR count). The molecule has 5 nitrogen and oxygen atoms in total. The molecule has 27 heavy (non-hydrogen) atoms.